The van der Waals surface area contributed by atoms with Crippen LogP contribution in [0.4, 0.5) is 0 Å². The molecule has 0 fully saturated rings. The van der Waals surface area contributed by atoms with E-state index in [2.05, 4.69) is 25.1 Å². The molecule has 1 aromatic carbocycles. The predicted molar refractivity (Wildman–Crippen MR) is 73.5 cm³/mol. The van der Waals surface area contributed by atoms with Gasteiger partial charge in [-0.15, -0.1) is 22.2 Å². The minimum absolute atomic E-state index is 1.12. The molecule has 0 nitrogen and oxygen atoms in total. The smallest absolute Gasteiger partial charge is 0.144 e. The van der Waals surface area contributed by atoms with Crippen LogP contribution < -0.4 is 5.19 Å². The molecule has 0 bridgehead atoms. The Morgan fingerprint density at radius 3 is 2.67 bits per heavy atom. The summed E-state index contributed by atoms with van der Waals surface area (Å²) in [5.74, 6) is 0. The third-order valence-electron chi connectivity index (χ3n) is 2.25. The molecule has 0 aliphatic rings. The quantitative estimate of drug-likeness (QED) is 0.428. The summed E-state index contributed by atoms with van der Waals surface area (Å²) < 4.78 is 0. The van der Waals surface area contributed by atoms with E-state index in [4.69, 9.17) is 22.2 Å². The van der Waals surface area contributed by atoms with Crippen molar-refractivity contribution < 1.29 is 0 Å². The first kappa shape index (κ1) is 12.8. The number of rotatable bonds is 5. The second-order valence-electron chi connectivity index (χ2n) is 3.47. The van der Waals surface area contributed by atoms with Crippen molar-refractivity contribution >= 4 is 40.8 Å². The van der Waals surface area contributed by atoms with Gasteiger partial charge in [-0.05, 0) is 17.2 Å². The van der Waals surface area contributed by atoms with Crippen molar-refractivity contribution in [2.24, 2.45) is 0 Å². The number of benzene rings is 1. The van der Waals surface area contributed by atoms with E-state index in [1.54, 1.807) is 0 Å². The molecule has 82 valence electrons. The fraction of sp³-hybridized carbons (Fsp3) is 0.333. The molecule has 0 N–H and O–H groups in total. The highest BCUT2D eigenvalue weighted by molar-refractivity contribution is 7.39. The van der Waals surface area contributed by atoms with Crippen LogP contribution in [0.1, 0.15) is 31.7 Å². The van der Waals surface area contributed by atoms with Crippen LogP contribution >= 0.6 is 22.2 Å². The molecule has 0 heterocycles. The molecule has 0 aromatic heterocycles. The highest BCUT2D eigenvalue weighted by Crippen LogP contribution is 2.07. The fourth-order valence-corrected chi connectivity index (χ4v) is 3.29. The molecule has 0 saturated carbocycles. The summed E-state index contributed by atoms with van der Waals surface area (Å²) in [4.78, 5) is 0. The lowest BCUT2D eigenvalue weighted by molar-refractivity contribution is 0.816. The van der Waals surface area contributed by atoms with Crippen molar-refractivity contribution in [1.29, 1.82) is 0 Å². The molecule has 0 saturated heterocycles. The molecule has 1 rings (SSSR count). The Morgan fingerprint density at radius 2 is 2.00 bits per heavy atom. The van der Waals surface area contributed by atoms with E-state index in [-0.39, 0.29) is 0 Å². The van der Waals surface area contributed by atoms with Crippen molar-refractivity contribution in [2.75, 3.05) is 0 Å². The average Bonchev–Trinajstić information content (AvgIpc) is 2.25. The molecule has 0 unspecified atom stereocenters. The monoisotopic (exact) mass is 258 g/mol. The highest BCUT2D eigenvalue weighted by Gasteiger charge is 2.08. The van der Waals surface area contributed by atoms with Crippen molar-refractivity contribution in [3.05, 3.63) is 35.9 Å². The Labute approximate surface area is 103 Å². The Morgan fingerprint density at radius 1 is 1.27 bits per heavy atom. The van der Waals surface area contributed by atoms with Crippen LogP contribution in [-0.2, 0) is 0 Å². The maximum absolute atomic E-state index is 6.02. The number of allylic oxidation sites excluding steroid dienone is 1. The molecule has 0 aliphatic carbocycles. The lowest BCUT2D eigenvalue weighted by Gasteiger charge is -2.04. The topological polar surface area (TPSA) is 0 Å². The molecular weight excluding hydrogens is 243 g/mol. The minimum atomic E-state index is -1.73. The van der Waals surface area contributed by atoms with Gasteiger partial charge in [-0.3, -0.25) is 0 Å². The molecular formula is C12H16Cl2Si. The van der Waals surface area contributed by atoms with Crippen LogP contribution in [0.5, 0.6) is 0 Å². The largest absolute Gasteiger partial charge is 0.267 e. The number of halogens is 2. The molecule has 0 aliphatic heterocycles. The predicted octanol–water partition coefficient (Wildman–Crippen LogP) is 3.80. The van der Waals surface area contributed by atoms with Gasteiger partial charge in [-0.1, -0.05) is 56.2 Å². The van der Waals surface area contributed by atoms with Crippen LogP contribution in [0.15, 0.2) is 30.3 Å². The van der Waals surface area contributed by atoms with Gasteiger partial charge >= 0.3 is 0 Å². The zero-order valence-electron chi connectivity index (χ0n) is 8.92. The van der Waals surface area contributed by atoms with E-state index in [0.29, 0.717) is 0 Å². The lowest BCUT2D eigenvalue weighted by atomic mass is 10.1. The molecule has 0 atom stereocenters. The minimum Gasteiger partial charge on any atom is -0.144 e. The number of unbranched alkanes of at least 4 members (excludes halogenated alkanes) is 2. The Kier molecular flexibility index (Phi) is 6.07. The van der Waals surface area contributed by atoms with E-state index in [1.165, 1.54) is 18.4 Å². The molecule has 15 heavy (non-hydrogen) atoms. The second kappa shape index (κ2) is 7.10. The molecule has 0 radical (unpaired) electrons. The van der Waals surface area contributed by atoms with E-state index in [9.17, 15) is 0 Å². The van der Waals surface area contributed by atoms with E-state index in [1.807, 2.05) is 18.2 Å². The van der Waals surface area contributed by atoms with Gasteiger partial charge in [0.1, 0.15) is 0 Å². The molecule has 1 aromatic rings. The summed E-state index contributed by atoms with van der Waals surface area (Å²) in [5.41, 5.74) is 1.18. The summed E-state index contributed by atoms with van der Waals surface area (Å²) in [7, 11) is -1.73. The molecule has 3 heteroatoms. The van der Waals surface area contributed by atoms with Gasteiger partial charge in [-0.2, -0.15) is 0 Å². The first-order valence-corrected chi connectivity index (χ1v) is 9.36. The van der Waals surface area contributed by atoms with Gasteiger partial charge < -0.3 is 0 Å². The van der Waals surface area contributed by atoms with Gasteiger partial charge in [0.05, 0.1) is 0 Å². The van der Waals surface area contributed by atoms with Crippen LogP contribution in [0.3, 0.4) is 0 Å². The van der Waals surface area contributed by atoms with Crippen molar-refractivity contribution in [2.45, 2.75) is 26.2 Å². The maximum Gasteiger partial charge on any atom is 0.267 e. The number of hydrogen-bond acceptors (Lipinski definition) is 0. The Balaban J connectivity index is 2.71. The van der Waals surface area contributed by atoms with E-state index >= 15 is 0 Å². The number of hydrogen-bond donors (Lipinski definition) is 0. The van der Waals surface area contributed by atoms with Gasteiger partial charge in [0.15, 0.2) is 0 Å². The van der Waals surface area contributed by atoms with E-state index in [0.717, 1.165) is 11.6 Å². The van der Waals surface area contributed by atoms with Crippen LogP contribution in [-0.4, -0.2) is 7.42 Å². The van der Waals surface area contributed by atoms with Crippen molar-refractivity contribution in [1.82, 2.24) is 0 Å². The van der Waals surface area contributed by atoms with E-state index < -0.39 is 7.42 Å². The summed E-state index contributed by atoms with van der Waals surface area (Å²) >= 11 is 12.0. The van der Waals surface area contributed by atoms with Gasteiger partial charge in [0.2, 0.25) is 0 Å². The second-order valence-corrected chi connectivity index (χ2v) is 7.99. The first-order valence-electron chi connectivity index (χ1n) is 5.29. The molecule has 0 amide bonds. The third-order valence-corrected chi connectivity index (χ3v) is 4.66. The fourth-order valence-electron chi connectivity index (χ4n) is 1.39. The zero-order chi connectivity index (χ0) is 11.1. The average molecular weight is 259 g/mol. The lowest BCUT2D eigenvalue weighted by Crippen LogP contribution is -2.20. The van der Waals surface area contributed by atoms with Crippen LogP contribution in [0.25, 0.3) is 6.08 Å². The summed E-state index contributed by atoms with van der Waals surface area (Å²) in [6.07, 6.45) is 7.93. The van der Waals surface area contributed by atoms with Crippen molar-refractivity contribution in [3.8, 4) is 0 Å². The van der Waals surface area contributed by atoms with Gasteiger partial charge in [-0.25, -0.2) is 0 Å². The normalized spacial score (nSPS) is 11.5. The first-order chi connectivity index (χ1) is 7.25. The maximum atomic E-state index is 6.02. The van der Waals surface area contributed by atoms with Gasteiger partial charge in [0, 0.05) is 0 Å². The summed E-state index contributed by atoms with van der Waals surface area (Å²) in [6.45, 7) is 2.20. The molecule has 0 spiro atoms. The van der Waals surface area contributed by atoms with Gasteiger partial charge in [0.25, 0.3) is 7.42 Å². The zero-order valence-corrected chi connectivity index (χ0v) is 11.6. The SMILES string of the molecule is CCCCC=Cc1ccccc1[SiH](Cl)Cl. The summed E-state index contributed by atoms with van der Waals surface area (Å²) in [6, 6.07) is 8.11. The van der Waals surface area contributed by atoms with Crippen molar-refractivity contribution in [3.63, 3.8) is 0 Å². The van der Waals surface area contributed by atoms with Crippen LogP contribution in [0.2, 0.25) is 0 Å². The third kappa shape index (κ3) is 4.41. The Hall–Kier alpha value is -0.243. The van der Waals surface area contributed by atoms with Crippen LogP contribution in [0, 0.1) is 0 Å². The summed E-state index contributed by atoms with van der Waals surface area (Å²) in [5, 5.41) is 1.12. The standard InChI is InChI=1S/C12H16Cl2Si/c1-2-3-4-5-8-11-9-6-7-10-12(11)15(13)14/h5-10,15H,2-4H2,1H3. The highest BCUT2D eigenvalue weighted by atomic mass is 35.7. The Bertz CT molecular complexity index is 321.